The van der Waals surface area contributed by atoms with E-state index in [0.29, 0.717) is 23.5 Å². The third-order valence-corrected chi connectivity index (χ3v) is 7.83. The van der Waals surface area contributed by atoms with Crippen LogP contribution in [-0.4, -0.2) is 17.9 Å². The normalized spacial score (nSPS) is 48.3. The highest BCUT2D eigenvalue weighted by Gasteiger charge is 2.60. The number of carbonyl (C=O) groups excluding carboxylic acids is 2. The van der Waals surface area contributed by atoms with Crippen LogP contribution in [0, 0.1) is 28.6 Å². The van der Waals surface area contributed by atoms with E-state index >= 15 is 0 Å². The van der Waals surface area contributed by atoms with E-state index in [0.717, 1.165) is 25.7 Å². The maximum absolute atomic E-state index is 12.0. The van der Waals surface area contributed by atoms with Crippen LogP contribution in [0.1, 0.15) is 65.7 Å². The van der Waals surface area contributed by atoms with Gasteiger partial charge in [-0.25, -0.2) is 0 Å². The zero-order valence-electron chi connectivity index (χ0n) is 14.6. The quantitative estimate of drug-likeness (QED) is 0.685. The molecule has 3 nitrogen and oxygen atoms in total. The molecule has 0 spiro atoms. The molecule has 0 aromatic carbocycles. The molecular weight excluding hydrogens is 288 g/mol. The Bertz CT molecular complexity index is 592. The number of ether oxygens (including phenoxy) is 1. The summed E-state index contributed by atoms with van der Waals surface area (Å²) in [6.45, 7) is 6.22. The monoisotopic (exact) mass is 316 g/mol. The fourth-order valence-corrected chi connectivity index (χ4v) is 6.76. The highest BCUT2D eigenvalue weighted by atomic mass is 16.5. The van der Waals surface area contributed by atoms with Crippen LogP contribution >= 0.6 is 0 Å². The fourth-order valence-electron chi connectivity index (χ4n) is 6.76. The lowest BCUT2D eigenvalue weighted by atomic mass is 9.49. The number of fused-ring (bicyclic) bond motifs is 5. The van der Waals surface area contributed by atoms with E-state index < -0.39 is 0 Å². The molecule has 0 saturated heterocycles. The first kappa shape index (κ1) is 15.4. The fraction of sp³-hybridized carbons (Fsp3) is 0.800. The van der Waals surface area contributed by atoms with Crippen molar-refractivity contribution in [1.29, 1.82) is 0 Å². The summed E-state index contributed by atoms with van der Waals surface area (Å²) < 4.78 is 5.69. The smallest absolute Gasteiger partial charge is 0.302 e. The van der Waals surface area contributed by atoms with Crippen LogP contribution in [0.5, 0.6) is 0 Å². The second-order valence-electron chi connectivity index (χ2n) is 8.87. The summed E-state index contributed by atoms with van der Waals surface area (Å²) in [5, 5.41) is 0. The first-order valence-electron chi connectivity index (χ1n) is 9.26. The Labute approximate surface area is 138 Å². The number of hydrogen-bond donors (Lipinski definition) is 0. The summed E-state index contributed by atoms with van der Waals surface area (Å²) in [5.41, 5.74) is 1.68. The van der Waals surface area contributed by atoms with Crippen molar-refractivity contribution in [2.75, 3.05) is 0 Å². The number of rotatable bonds is 1. The van der Waals surface area contributed by atoms with E-state index in [1.54, 1.807) is 0 Å². The van der Waals surface area contributed by atoms with Gasteiger partial charge in [0.2, 0.25) is 0 Å². The van der Waals surface area contributed by atoms with Crippen LogP contribution in [0.25, 0.3) is 0 Å². The highest BCUT2D eigenvalue weighted by molar-refractivity contribution is 5.94. The van der Waals surface area contributed by atoms with Crippen molar-refractivity contribution >= 4 is 11.8 Å². The first-order valence-corrected chi connectivity index (χ1v) is 9.26. The molecule has 126 valence electrons. The molecular formula is C20H28O3. The predicted octanol–water partition coefficient (Wildman–Crippen LogP) is 4.06. The van der Waals surface area contributed by atoms with Crippen molar-refractivity contribution in [2.45, 2.75) is 71.8 Å². The molecule has 0 aromatic rings. The van der Waals surface area contributed by atoms with Crippen LogP contribution in [0.15, 0.2) is 11.6 Å². The van der Waals surface area contributed by atoms with Gasteiger partial charge in [-0.2, -0.15) is 0 Å². The van der Waals surface area contributed by atoms with E-state index in [1.165, 1.54) is 31.8 Å². The van der Waals surface area contributed by atoms with E-state index in [1.807, 2.05) is 6.08 Å². The molecule has 0 radical (unpaired) electrons. The SMILES string of the molecule is CC(=O)O[C@H]1CC[C@H]2[C@@H]3CCC4=CC(=O)C[C@]4(C)[C@H]3CC[C@]12C. The molecule has 0 bridgehead atoms. The van der Waals surface area contributed by atoms with Gasteiger partial charge in [-0.3, -0.25) is 9.59 Å². The maximum atomic E-state index is 12.0. The number of allylic oxidation sites excluding steroid dienone is 2. The van der Waals surface area contributed by atoms with Crippen molar-refractivity contribution in [3.05, 3.63) is 11.6 Å². The highest BCUT2D eigenvalue weighted by Crippen LogP contribution is 2.65. The Kier molecular flexibility index (Phi) is 3.31. The van der Waals surface area contributed by atoms with Gasteiger partial charge in [-0.15, -0.1) is 0 Å². The number of ketones is 1. The summed E-state index contributed by atoms with van der Waals surface area (Å²) >= 11 is 0. The summed E-state index contributed by atoms with van der Waals surface area (Å²) in [6, 6.07) is 0. The second kappa shape index (κ2) is 4.94. The molecule has 6 atom stereocenters. The average Bonchev–Trinajstić information content (AvgIpc) is 2.94. The Balaban J connectivity index is 1.62. The lowest BCUT2D eigenvalue weighted by molar-refractivity contribution is -0.157. The summed E-state index contributed by atoms with van der Waals surface area (Å²) in [4.78, 5) is 23.5. The molecule has 0 aliphatic heterocycles. The first-order chi connectivity index (χ1) is 10.8. The minimum absolute atomic E-state index is 0.0981. The van der Waals surface area contributed by atoms with Crippen LogP contribution < -0.4 is 0 Å². The van der Waals surface area contributed by atoms with Gasteiger partial charge < -0.3 is 4.74 Å². The molecule has 3 saturated carbocycles. The molecule has 4 aliphatic rings. The largest absolute Gasteiger partial charge is 0.462 e. The summed E-state index contributed by atoms with van der Waals surface area (Å²) in [5.74, 6) is 2.19. The minimum Gasteiger partial charge on any atom is -0.462 e. The van der Waals surface area contributed by atoms with Crippen molar-refractivity contribution in [1.82, 2.24) is 0 Å². The van der Waals surface area contributed by atoms with Crippen molar-refractivity contribution in [2.24, 2.45) is 28.6 Å². The molecule has 23 heavy (non-hydrogen) atoms. The van der Waals surface area contributed by atoms with Gasteiger partial charge in [0.25, 0.3) is 0 Å². The van der Waals surface area contributed by atoms with Gasteiger partial charge in [0, 0.05) is 18.8 Å². The van der Waals surface area contributed by atoms with Crippen LogP contribution in [0.2, 0.25) is 0 Å². The molecule has 0 aromatic heterocycles. The standard InChI is InChI=1S/C20H28O3/c1-12(21)23-18-7-6-16-15-5-4-13-10-14(22)11-20(13,3)17(15)8-9-19(16,18)2/h10,15-18H,4-9,11H2,1-3H3/t15-,16-,17-,18-,19-,20-/m0/s1. The zero-order valence-corrected chi connectivity index (χ0v) is 14.6. The average molecular weight is 316 g/mol. The molecule has 3 heteroatoms. The third kappa shape index (κ3) is 2.08. The van der Waals surface area contributed by atoms with Gasteiger partial charge in [0.1, 0.15) is 6.10 Å². The zero-order chi connectivity index (χ0) is 16.4. The lowest BCUT2D eigenvalue weighted by Crippen LogP contribution is -2.50. The van der Waals surface area contributed by atoms with Crippen molar-refractivity contribution < 1.29 is 14.3 Å². The third-order valence-electron chi connectivity index (χ3n) is 7.83. The van der Waals surface area contributed by atoms with Gasteiger partial charge >= 0.3 is 5.97 Å². The van der Waals surface area contributed by atoms with Crippen LogP contribution in [0.4, 0.5) is 0 Å². The molecule has 4 rings (SSSR count). The lowest BCUT2D eigenvalue weighted by Gasteiger charge is -2.55. The molecule has 0 N–H and O–H groups in total. The van der Waals surface area contributed by atoms with Crippen LogP contribution in [0.3, 0.4) is 0 Å². The maximum Gasteiger partial charge on any atom is 0.302 e. The Morgan fingerprint density at radius 1 is 1.17 bits per heavy atom. The van der Waals surface area contributed by atoms with Crippen molar-refractivity contribution in [3.8, 4) is 0 Å². The summed E-state index contributed by atoms with van der Waals surface area (Å²) in [7, 11) is 0. The van der Waals surface area contributed by atoms with E-state index in [9.17, 15) is 9.59 Å². The van der Waals surface area contributed by atoms with Gasteiger partial charge in [0.15, 0.2) is 5.78 Å². The molecule has 0 unspecified atom stereocenters. The van der Waals surface area contributed by atoms with E-state index in [-0.39, 0.29) is 22.9 Å². The van der Waals surface area contributed by atoms with E-state index in [2.05, 4.69) is 13.8 Å². The topological polar surface area (TPSA) is 43.4 Å². The second-order valence-corrected chi connectivity index (χ2v) is 8.87. The van der Waals surface area contributed by atoms with Crippen molar-refractivity contribution in [3.63, 3.8) is 0 Å². The Morgan fingerprint density at radius 2 is 1.96 bits per heavy atom. The molecule has 3 fully saturated rings. The summed E-state index contributed by atoms with van der Waals surface area (Å²) in [6.07, 6.45) is 9.58. The predicted molar refractivity (Wildman–Crippen MR) is 87.6 cm³/mol. The molecule has 0 heterocycles. The van der Waals surface area contributed by atoms with E-state index in [4.69, 9.17) is 4.74 Å². The van der Waals surface area contributed by atoms with Gasteiger partial charge in [0.05, 0.1) is 0 Å². The van der Waals surface area contributed by atoms with Gasteiger partial charge in [-0.1, -0.05) is 19.4 Å². The molecule has 4 aliphatic carbocycles. The number of hydrogen-bond acceptors (Lipinski definition) is 3. The number of carbonyl (C=O) groups is 2. The number of esters is 1. The molecule has 0 amide bonds. The van der Waals surface area contributed by atoms with Gasteiger partial charge in [-0.05, 0) is 67.8 Å². The Hall–Kier alpha value is -1.12. The Morgan fingerprint density at radius 3 is 2.70 bits per heavy atom. The minimum atomic E-state index is -0.138. The van der Waals surface area contributed by atoms with Crippen LogP contribution in [-0.2, 0) is 14.3 Å².